The Kier molecular flexibility index (Phi) is 10.8. The largest absolute Gasteiger partial charge is 0.417 e. The van der Waals surface area contributed by atoms with Gasteiger partial charge in [-0.15, -0.1) is 0 Å². The number of alkyl halides is 9. The molecule has 0 aliphatic rings. The number of amides is 1. The molecule has 1 N–H and O–H groups in total. The maximum absolute atomic E-state index is 14.9. The smallest absolute Gasteiger partial charge is 0.349 e. The van der Waals surface area contributed by atoms with Crippen LogP contribution in [-0.2, 0) is 6.18 Å². The van der Waals surface area contributed by atoms with Gasteiger partial charge in [-0.25, -0.2) is 4.39 Å². The van der Waals surface area contributed by atoms with E-state index in [1.54, 1.807) is 0 Å². The Bertz CT molecular complexity index is 1160. The van der Waals surface area contributed by atoms with E-state index in [-0.39, 0.29) is 26.8 Å². The number of carbonyl (C=O) groups is 1. The lowest BCUT2D eigenvalue weighted by Gasteiger charge is -2.19. The topological polar surface area (TPSA) is 29.1 Å². The average molecular weight is 705 g/mol. The lowest BCUT2D eigenvalue weighted by Crippen LogP contribution is -2.35. The predicted molar refractivity (Wildman–Crippen MR) is 131 cm³/mol. The number of benzene rings is 2. The van der Waals surface area contributed by atoms with Crippen LogP contribution in [0.3, 0.4) is 0 Å². The molecule has 1 unspecified atom stereocenters. The zero-order chi connectivity index (χ0) is 29.1. The first-order valence-electron chi connectivity index (χ1n) is 10.3. The zero-order valence-corrected chi connectivity index (χ0v) is 23.0. The van der Waals surface area contributed by atoms with Crippen molar-refractivity contribution in [1.29, 1.82) is 0 Å². The third-order valence-corrected chi connectivity index (χ3v) is 6.95. The summed E-state index contributed by atoms with van der Waals surface area (Å²) in [5.74, 6) is -6.90. The first kappa shape index (κ1) is 32.5. The highest BCUT2D eigenvalue weighted by atomic mass is 79.9. The van der Waals surface area contributed by atoms with Crippen LogP contribution in [-0.4, -0.2) is 35.8 Å². The molecule has 0 bridgehead atoms. The van der Waals surface area contributed by atoms with Gasteiger partial charge in [0.1, 0.15) is 11.7 Å². The molecular formula is C23H17Br2F10NOS. The summed E-state index contributed by atoms with van der Waals surface area (Å²) in [6.45, 7) is 1.28. The minimum atomic E-state index is -5.20. The van der Waals surface area contributed by atoms with E-state index in [1.807, 2.05) is 0 Å². The minimum absolute atomic E-state index is 0.128. The van der Waals surface area contributed by atoms with Crippen molar-refractivity contribution < 1.29 is 48.7 Å². The number of carbonyl (C=O) groups excluding carboxylic acids is 1. The second-order valence-corrected chi connectivity index (χ2v) is 10.9. The van der Waals surface area contributed by atoms with Crippen LogP contribution in [0.4, 0.5) is 43.9 Å². The molecule has 0 saturated heterocycles. The molecule has 0 spiro atoms. The van der Waals surface area contributed by atoms with Gasteiger partial charge in [0.15, 0.2) is 0 Å². The van der Waals surface area contributed by atoms with Crippen molar-refractivity contribution in [3.05, 3.63) is 73.7 Å². The highest BCUT2D eigenvalue weighted by Gasteiger charge is 2.41. The molecule has 0 saturated carbocycles. The van der Waals surface area contributed by atoms with Gasteiger partial charge in [-0.3, -0.25) is 4.79 Å². The molecule has 2 aromatic rings. The average Bonchev–Trinajstić information content (AvgIpc) is 2.73. The van der Waals surface area contributed by atoms with Crippen molar-refractivity contribution in [2.75, 3.05) is 11.5 Å². The van der Waals surface area contributed by atoms with Crippen LogP contribution in [0, 0.1) is 0 Å². The van der Waals surface area contributed by atoms with Crippen molar-refractivity contribution in [2.45, 2.75) is 37.4 Å². The fraction of sp³-hybridized carbons (Fsp3) is 0.348. The highest BCUT2D eigenvalue weighted by molar-refractivity contribution is 9.11. The van der Waals surface area contributed by atoms with Gasteiger partial charge in [-0.05, 0) is 48.9 Å². The number of halogens is 12. The maximum Gasteiger partial charge on any atom is 0.417 e. The lowest BCUT2D eigenvalue weighted by atomic mass is 9.95. The molecule has 1 amide bonds. The summed E-state index contributed by atoms with van der Waals surface area (Å²) in [5, 5.41) is 2.13. The maximum atomic E-state index is 14.9. The van der Waals surface area contributed by atoms with Gasteiger partial charge in [-0.2, -0.15) is 51.3 Å². The third-order valence-electron chi connectivity index (χ3n) is 4.77. The molecule has 0 aliphatic carbocycles. The Morgan fingerprint density at radius 3 is 2.05 bits per heavy atom. The molecule has 2 rings (SSSR count). The van der Waals surface area contributed by atoms with E-state index < -0.39 is 70.2 Å². The summed E-state index contributed by atoms with van der Waals surface area (Å²) in [5.41, 5.74) is -3.84. The molecule has 210 valence electrons. The van der Waals surface area contributed by atoms with E-state index in [9.17, 15) is 48.7 Å². The summed E-state index contributed by atoms with van der Waals surface area (Å²) < 4.78 is 134. The van der Waals surface area contributed by atoms with Crippen LogP contribution < -0.4 is 5.32 Å². The fourth-order valence-corrected chi connectivity index (χ4v) is 5.31. The monoisotopic (exact) mass is 703 g/mol. The summed E-state index contributed by atoms with van der Waals surface area (Å²) in [6, 6.07) is 4.15. The van der Waals surface area contributed by atoms with Gasteiger partial charge in [0.25, 0.3) is 5.91 Å². The fourth-order valence-electron chi connectivity index (χ4n) is 3.20. The number of allylic oxidation sites excluding steroid dienone is 1. The van der Waals surface area contributed by atoms with E-state index in [4.69, 9.17) is 0 Å². The third kappa shape index (κ3) is 9.78. The molecule has 0 fully saturated rings. The zero-order valence-electron chi connectivity index (χ0n) is 19.0. The number of nitrogens with one attached hydrogen (secondary N) is 1. The summed E-state index contributed by atoms with van der Waals surface area (Å²) in [4.78, 5) is 12.4. The van der Waals surface area contributed by atoms with Gasteiger partial charge >= 0.3 is 18.5 Å². The lowest BCUT2D eigenvalue weighted by molar-refractivity contribution is -0.140. The first-order chi connectivity index (χ1) is 17.3. The van der Waals surface area contributed by atoms with Crippen molar-refractivity contribution in [3.63, 3.8) is 0 Å². The SMILES string of the molecule is C[C@H](CSCC(F)(F)F)NC(=O)c1ccc(/C(F)=C/C(c2cc(Br)cc(Br)c2)C(F)(F)F)cc1C(F)(F)F. The van der Waals surface area contributed by atoms with Gasteiger partial charge < -0.3 is 5.32 Å². The van der Waals surface area contributed by atoms with Gasteiger partial charge in [0, 0.05) is 26.3 Å². The van der Waals surface area contributed by atoms with Crippen LogP contribution in [0.2, 0.25) is 0 Å². The quantitative estimate of drug-likeness (QED) is 0.278. The summed E-state index contributed by atoms with van der Waals surface area (Å²) >= 11 is 6.46. The van der Waals surface area contributed by atoms with Crippen molar-refractivity contribution in [2.24, 2.45) is 0 Å². The predicted octanol–water partition coefficient (Wildman–Crippen LogP) is 9.30. The van der Waals surface area contributed by atoms with Crippen molar-refractivity contribution in [1.82, 2.24) is 5.32 Å². The normalized spacial score (nSPS) is 14.8. The van der Waals surface area contributed by atoms with Crippen LogP contribution in [0.15, 0.2) is 51.4 Å². The number of hydrogen-bond acceptors (Lipinski definition) is 2. The van der Waals surface area contributed by atoms with Crippen LogP contribution in [0.5, 0.6) is 0 Å². The van der Waals surface area contributed by atoms with Crippen LogP contribution in [0.1, 0.15) is 39.9 Å². The summed E-state index contributed by atoms with van der Waals surface area (Å²) in [7, 11) is 0. The Labute approximate surface area is 231 Å². The van der Waals surface area contributed by atoms with Gasteiger partial charge in [0.2, 0.25) is 0 Å². The van der Waals surface area contributed by atoms with Gasteiger partial charge in [-0.1, -0.05) is 37.9 Å². The van der Waals surface area contributed by atoms with Gasteiger partial charge in [0.05, 0.1) is 16.9 Å². The van der Waals surface area contributed by atoms with Crippen molar-refractivity contribution in [3.8, 4) is 0 Å². The van der Waals surface area contributed by atoms with E-state index in [0.29, 0.717) is 23.9 Å². The summed E-state index contributed by atoms with van der Waals surface area (Å²) in [6.07, 6.45) is -14.5. The Balaban J connectivity index is 2.39. The molecule has 2 nitrogen and oxygen atoms in total. The molecule has 2 atom stereocenters. The molecule has 0 radical (unpaired) electrons. The van der Waals surface area contributed by atoms with Crippen molar-refractivity contribution >= 4 is 55.4 Å². The molecule has 0 aliphatic heterocycles. The van der Waals surface area contributed by atoms with Crippen LogP contribution in [0.25, 0.3) is 5.83 Å². The molecule has 15 heteroatoms. The standard InChI is InChI=1S/C23H17Br2F10NOS/c1-11(9-38-10-21(27,28)29)36-20(37)16-3-2-12(6-18(16)23(33,34)35)19(26)8-17(22(30,31)32)13-4-14(24)7-15(25)5-13/h2-8,11,17H,9-10H2,1H3,(H,36,37)/b19-8-/t11-,17?/m1/s1. The second-order valence-electron chi connectivity index (χ2n) is 8.00. The van der Waals surface area contributed by atoms with Crippen LogP contribution >= 0.6 is 43.6 Å². The Morgan fingerprint density at radius 2 is 1.55 bits per heavy atom. The number of hydrogen-bond donors (Lipinski definition) is 1. The second kappa shape index (κ2) is 12.6. The van der Waals surface area contributed by atoms with E-state index in [0.717, 1.165) is 12.1 Å². The Hall–Kier alpha value is -1.74. The van der Waals surface area contributed by atoms with E-state index >= 15 is 0 Å². The minimum Gasteiger partial charge on any atom is -0.349 e. The number of thioether (sulfide) groups is 1. The molecule has 0 aromatic heterocycles. The van der Waals surface area contributed by atoms with E-state index in [2.05, 4.69) is 37.2 Å². The highest BCUT2D eigenvalue weighted by Crippen LogP contribution is 2.41. The molecule has 2 aromatic carbocycles. The first-order valence-corrected chi connectivity index (χ1v) is 13.1. The van der Waals surface area contributed by atoms with E-state index in [1.165, 1.54) is 13.0 Å². The number of rotatable bonds is 8. The molecule has 0 heterocycles. The molecular weight excluding hydrogens is 688 g/mol. The molecule has 38 heavy (non-hydrogen) atoms. The Morgan fingerprint density at radius 1 is 0.974 bits per heavy atom.